The summed E-state index contributed by atoms with van der Waals surface area (Å²) < 4.78 is 6.67. The molecule has 0 radical (unpaired) electrons. The van der Waals surface area contributed by atoms with Gasteiger partial charge >= 0.3 is 0 Å². The number of nitrogens with zero attached hydrogens (tertiary/aromatic N) is 2. The molecule has 0 fully saturated rings. The molecule has 2 aromatic rings. The molecule has 5 nitrogen and oxygen atoms in total. The van der Waals surface area contributed by atoms with Crippen LogP contribution in [0.4, 0.5) is 10.9 Å². The first-order valence-corrected chi connectivity index (χ1v) is 7.78. The van der Waals surface area contributed by atoms with Crippen molar-refractivity contribution in [1.29, 1.82) is 0 Å². The molecule has 2 rings (SSSR count). The maximum Gasteiger partial charge on any atom is 0.205 e. The molecule has 0 atom stereocenters. The van der Waals surface area contributed by atoms with Crippen LogP contribution in [0.1, 0.15) is 18.9 Å². The highest BCUT2D eigenvalue weighted by molar-refractivity contribution is 9.10. The fourth-order valence-corrected chi connectivity index (χ4v) is 2.34. The van der Waals surface area contributed by atoms with Crippen molar-refractivity contribution in [2.24, 2.45) is 5.10 Å². The van der Waals surface area contributed by atoms with E-state index in [4.69, 9.17) is 10.5 Å². The Balaban J connectivity index is 2.07. The van der Waals surface area contributed by atoms with Crippen LogP contribution in [0, 0.1) is 0 Å². The highest BCUT2D eigenvalue weighted by Gasteiger charge is 2.03. The maximum atomic E-state index is 5.69. The van der Waals surface area contributed by atoms with Crippen LogP contribution in [0.3, 0.4) is 0 Å². The van der Waals surface area contributed by atoms with E-state index in [-0.39, 0.29) is 0 Å². The van der Waals surface area contributed by atoms with Gasteiger partial charge < -0.3 is 10.5 Å². The molecule has 0 bridgehead atoms. The Hall–Kier alpha value is -1.60. The summed E-state index contributed by atoms with van der Waals surface area (Å²) in [5.74, 6) is 1.29. The van der Waals surface area contributed by atoms with Crippen molar-refractivity contribution in [3.05, 3.63) is 33.6 Å². The monoisotopic (exact) mass is 354 g/mol. The number of nitrogen functional groups attached to an aromatic ring is 1. The zero-order valence-corrected chi connectivity index (χ0v) is 13.4. The normalized spacial score (nSPS) is 10.9. The van der Waals surface area contributed by atoms with Crippen LogP contribution >= 0.6 is 27.3 Å². The lowest BCUT2D eigenvalue weighted by molar-refractivity contribution is 0.317. The average molecular weight is 355 g/mol. The van der Waals surface area contributed by atoms with Gasteiger partial charge in [-0.2, -0.15) is 5.10 Å². The molecule has 1 aromatic heterocycles. The number of aromatic nitrogens is 1. The van der Waals surface area contributed by atoms with Gasteiger partial charge in [0, 0.05) is 15.4 Å². The van der Waals surface area contributed by atoms with E-state index < -0.39 is 0 Å². The number of anilines is 2. The van der Waals surface area contributed by atoms with Crippen LogP contribution in [-0.4, -0.2) is 17.8 Å². The summed E-state index contributed by atoms with van der Waals surface area (Å²) in [6.45, 7) is 2.74. The van der Waals surface area contributed by atoms with E-state index >= 15 is 0 Å². The minimum absolute atomic E-state index is 0.489. The number of ether oxygens (including phenoxy) is 1. The van der Waals surface area contributed by atoms with Gasteiger partial charge in [-0.15, -0.1) is 11.3 Å². The molecule has 20 heavy (non-hydrogen) atoms. The first kappa shape index (κ1) is 14.8. The Morgan fingerprint density at radius 1 is 1.55 bits per heavy atom. The quantitative estimate of drug-likeness (QED) is 0.612. The molecule has 0 amide bonds. The van der Waals surface area contributed by atoms with Gasteiger partial charge in [-0.1, -0.05) is 22.9 Å². The Labute approximate surface area is 130 Å². The number of hydrazone groups is 1. The first-order valence-electron chi connectivity index (χ1n) is 6.11. The Morgan fingerprint density at radius 3 is 3.10 bits per heavy atom. The van der Waals surface area contributed by atoms with Crippen LogP contribution in [0.2, 0.25) is 0 Å². The van der Waals surface area contributed by atoms with E-state index in [1.54, 1.807) is 11.6 Å². The fraction of sp³-hybridized carbons (Fsp3) is 0.231. The number of halogens is 1. The smallest absolute Gasteiger partial charge is 0.205 e. The molecule has 0 aliphatic heterocycles. The average Bonchev–Trinajstić information content (AvgIpc) is 2.84. The van der Waals surface area contributed by atoms with Crippen molar-refractivity contribution in [1.82, 2.24) is 4.98 Å². The summed E-state index contributed by atoms with van der Waals surface area (Å²) in [5.41, 5.74) is 9.28. The highest BCUT2D eigenvalue weighted by Crippen LogP contribution is 2.23. The van der Waals surface area contributed by atoms with Gasteiger partial charge in [-0.05, 0) is 24.6 Å². The SMILES string of the molecule is CCCOc1cc(Br)ccc1C=NNc1nc(N)cs1. The van der Waals surface area contributed by atoms with Crippen LogP contribution in [0.25, 0.3) is 0 Å². The third-order valence-corrected chi connectivity index (χ3v) is 3.58. The zero-order chi connectivity index (χ0) is 14.4. The van der Waals surface area contributed by atoms with Crippen molar-refractivity contribution in [3.8, 4) is 5.75 Å². The van der Waals surface area contributed by atoms with E-state index in [0.29, 0.717) is 17.6 Å². The van der Waals surface area contributed by atoms with Crippen LogP contribution < -0.4 is 15.9 Å². The molecule has 106 valence electrons. The topological polar surface area (TPSA) is 72.5 Å². The highest BCUT2D eigenvalue weighted by atomic mass is 79.9. The molecule has 7 heteroatoms. The van der Waals surface area contributed by atoms with Crippen molar-refractivity contribution < 1.29 is 4.74 Å². The van der Waals surface area contributed by atoms with E-state index in [2.05, 4.69) is 38.4 Å². The predicted octanol–water partition coefficient (Wildman–Crippen LogP) is 3.72. The van der Waals surface area contributed by atoms with Gasteiger partial charge in [0.1, 0.15) is 11.6 Å². The number of thiazole rings is 1. The number of rotatable bonds is 6. The summed E-state index contributed by atoms with van der Waals surface area (Å²) in [4.78, 5) is 4.06. The second-order valence-corrected chi connectivity index (χ2v) is 5.75. The van der Waals surface area contributed by atoms with Gasteiger partial charge in [0.25, 0.3) is 0 Å². The molecule has 0 saturated carbocycles. The van der Waals surface area contributed by atoms with Gasteiger partial charge in [0.05, 0.1) is 12.8 Å². The summed E-state index contributed by atoms with van der Waals surface area (Å²) in [6, 6.07) is 5.82. The number of nitrogens with one attached hydrogen (secondary N) is 1. The second kappa shape index (κ2) is 7.25. The van der Waals surface area contributed by atoms with Gasteiger partial charge in [0.15, 0.2) is 0 Å². The first-order chi connectivity index (χ1) is 9.69. The number of hydrogen-bond acceptors (Lipinski definition) is 6. The standard InChI is InChI=1S/C13H15BrN4OS/c1-2-5-19-11-6-10(14)4-3-9(11)7-16-18-13-17-12(15)8-20-13/h3-4,6-8H,2,5,15H2,1H3,(H,17,18). The molecule has 1 aromatic carbocycles. The van der Waals surface area contributed by atoms with E-state index in [1.807, 2.05) is 18.2 Å². The predicted molar refractivity (Wildman–Crippen MR) is 87.7 cm³/mol. The van der Waals surface area contributed by atoms with E-state index in [1.165, 1.54) is 11.3 Å². The molecule has 0 spiro atoms. The Morgan fingerprint density at radius 2 is 2.40 bits per heavy atom. The van der Waals surface area contributed by atoms with Crippen molar-refractivity contribution in [3.63, 3.8) is 0 Å². The molecule has 1 heterocycles. The molecule has 0 aliphatic rings. The lowest BCUT2D eigenvalue weighted by atomic mass is 10.2. The second-order valence-electron chi connectivity index (χ2n) is 3.98. The minimum atomic E-state index is 0.489. The third kappa shape index (κ3) is 4.21. The zero-order valence-electron chi connectivity index (χ0n) is 11.0. The lowest BCUT2D eigenvalue weighted by Crippen LogP contribution is -1.99. The maximum absolute atomic E-state index is 5.69. The van der Waals surface area contributed by atoms with Crippen molar-refractivity contribution in [2.75, 3.05) is 17.8 Å². The summed E-state index contributed by atoms with van der Waals surface area (Å²) in [5, 5.41) is 6.56. The number of benzene rings is 1. The van der Waals surface area contributed by atoms with E-state index in [9.17, 15) is 0 Å². The largest absolute Gasteiger partial charge is 0.493 e. The summed E-state index contributed by atoms with van der Waals surface area (Å²) in [6.07, 6.45) is 2.66. The Kier molecular flexibility index (Phi) is 5.37. The molecule has 0 saturated heterocycles. The van der Waals surface area contributed by atoms with Crippen molar-refractivity contribution in [2.45, 2.75) is 13.3 Å². The lowest BCUT2D eigenvalue weighted by Gasteiger charge is -2.08. The molecule has 3 N–H and O–H groups in total. The molecule has 0 unspecified atom stereocenters. The van der Waals surface area contributed by atoms with Crippen LogP contribution in [0.5, 0.6) is 5.75 Å². The number of nitrogens with two attached hydrogens (primary N) is 1. The molecular weight excluding hydrogens is 340 g/mol. The van der Waals surface area contributed by atoms with Crippen LogP contribution in [-0.2, 0) is 0 Å². The van der Waals surface area contributed by atoms with Gasteiger partial charge in [0.2, 0.25) is 5.13 Å². The third-order valence-electron chi connectivity index (χ3n) is 2.32. The summed E-state index contributed by atoms with van der Waals surface area (Å²) in [7, 11) is 0. The van der Waals surface area contributed by atoms with Gasteiger partial charge in [-0.3, -0.25) is 5.43 Å². The molecule has 0 aliphatic carbocycles. The van der Waals surface area contributed by atoms with E-state index in [0.717, 1.165) is 22.2 Å². The molecular formula is C13H15BrN4OS. The summed E-state index contributed by atoms with van der Waals surface area (Å²) >= 11 is 4.84. The van der Waals surface area contributed by atoms with Crippen molar-refractivity contribution >= 4 is 44.4 Å². The number of hydrogen-bond donors (Lipinski definition) is 2. The fourth-order valence-electron chi connectivity index (χ4n) is 1.45. The van der Waals surface area contributed by atoms with Gasteiger partial charge in [-0.25, -0.2) is 4.98 Å². The minimum Gasteiger partial charge on any atom is -0.493 e. The van der Waals surface area contributed by atoms with Crippen LogP contribution in [0.15, 0.2) is 33.2 Å². The Bertz CT molecular complexity index is 600.